The molecule has 0 aliphatic heterocycles. The molecule has 2 N–H and O–H groups in total. The summed E-state index contributed by atoms with van der Waals surface area (Å²) < 4.78 is 5.83. The quantitative estimate of drug-likeness (QED) is 0.858. The minimum absolute atomic E-state index is 0.375. The van der Waals surface area contributed by atoms with Crippen LogP contribution in [0.2, 0.25) is 5.02 Å². The molecule has 0 radical (unpaired) electrons. The summed E-state index contributed by atoms with van der Waals surface area (Å²) in [6.07, 6.45) is 2.44. The molecule has 0 fully saturated rings. The summed E-state index contributed by atoms with van der Waals surface area (Å²) in [6, 6.07) is 7.58. The Morgan fingerprint density at radius 1 is 1.26 bits per heavy atom. The first-order chi connectivity index (χ1) is 10.8. The SMILES string of the molecule is Cc1cc(-c2ccc(OC[C@@](C)(N)CC(C)C)c(Cl)c2)ncn1. The van der Waals surface area contributed by atoms with Gasteiger partial charge in [-0.1, -0.05) is 25.4 Å². The molecule has 0 aliphatic carbocycles. The van der Waals surface area contributed by atoms with Crippen molar-refractivity contribution in [3.05, 3.63) is 41.3 Å². The van der Waals surface area contributed by atoms with Gasteiger partial charge in [-0.15, -0.1) is 0 Å². The number of hydrogen-bond donors (Lipinski definition) is 1. The van der Waals surface area contributed by atoms with E-state index in [9.17, 15) is 0 Å². The van der Waals surface area contributed by atoms with E-state index in [2.05, 4.69) is 23.8 Å². The Hall–Kier alpha value is -1.65. The lowest BCUT2D eigenvalue weighted by atomic mass is 9.93. The summed E-state index contributed by atoms with van der Waals surface area (Å²) in [5, 5.41) is 0.555. The van der Waals surface area contributed by atoms with E-state index in [1.807, 2.05) is 38.1 Å². The van der Waals surface area contributed by atoms with Gasteiger partial charge in [0.2, 0.25) is 0 Å². The fraction of sp³-hybridized carbons (Fsp3) is 0.444. The van der Waals surface area contributed by atoms with E-state index in [1.54, 1.807) is 6.33 Å². The molecule has 0 amide bonds. The molecule has 0 spiro atoms. The van der Waals surface area contributed by atoms with Crippen molar-refractivity contribution >= 4 is 11.6 Å². The van der Waals surface area contributed by atoms with Crippen LogP contribution in [0.3, 0.4) is 0 Å². The number of hydrogen-bond acceptors (Lipinski definition) is 4. The zero-order chi connectivity index (χ0) is 17.0. The third-order valence-electron chi connectivity index (χ3n) is 3.46. The fourth-order valence-electron chi connectivity index (χ4n) is 2.62. The van der Waals surface area contributed by atoms with Gasteiger partial charge >= 0.3 is 0 Å². The summed E-state index contributed by atoms with van der Waals surface area (Å²) in [6.45, 7) is 8.66. The maximum absolute atomic E-state index is 6.34. The number of rotatable bonds is 6. The molecule has 1 heterocycles. The van der Waals surface area contributed by atoms with Crippen molar-refractivity contribution in [2.75, 3.05) is 6.61 Å². The molecule has 4 nitrogen and oxygen atoms in total. The molecule has 0 saturated heterocycles. The maximum atomic E-state index is 6.34. The van der Waals surface area contributed by atoms with Crippen molar-refractivity contribution in [2.45, 2.75) is 39.7 Å². The molecule has 1 atom stereocenters. The molecule has 5 heteroatoms. The molecule has 23 heavy (non-hydrogen) atoms. The molecular weight excluding hydrogens is 310 g/mol. The van der Waals surface area contributed by atoms with E-state index in [4.69, 9.17) is 22.1 Å². The lowest BCUT2D eigenvalue weighted by molar-refractivity contribution is 0.207. The van der Waals surface area contributed by atoms with Gasteiger partial charge in [0.05, 0.1) is 10.7 Å². The molecule has 124 valence electrons. The predicted molar refractivity (Wildman–Crippen MR) is 94.8 cm³/mol. The first-order valence-corrected chi connectivity index (χ1v) is 8.15. The molecule has 2 aromatic rings. The molecule has 0 unspecified atom stereocenters. The minimum atomic E-state index is -0.375. The topological polar surface area (TPSA) is 61.0 Å². The second-order valence-electron chi connectivity index (χ2n) is 6.73. The van der Waals surface area contributed by atoms with Crippen LogP contribution in [-0.4, -0.2) is 22.1 Å². The van der Waals surface area contributed by atoms with Gasteiger partial charge in [-0.2, -0.15) is 0 Å². The van der Waals surface area contributed by atoms with E-state index in [-0.39, 0.29) is 5.54 Å². The summed E-state index contributed by atoms with van der Waals surface area (Å²) in [4.78, 5) is 8.37. The number of halogens is 1. The van der Waals surface area contributed by atoms with Crippen molar-refractivity contribution < 1.29 is 4.74 Å². The predicted octanol–water partition coefficient (Wildman–Crippen LogP) is 4.25. The third-order valence-corrected chi connectivity index (χ3v) is 3.76. The Labute approximate surface area is 143 Å². The summed E-state index contributed by atoms with van der Waals surface area (Å²) in [5.74, 6) is 1.16. The van der Waals surface area contributed by atoms with Gasteiger partial charge in [0.15, 0.2) is 0 Å². The van der Waals surface area contributed by atoms with Gasteiger partial charge in [0.25, 0.3) is 0 Å². The van der Waals surface area contributed by atoms with Crippen LogP contribution < -0.4 is 10.5 Å². The van der Waals surface area contributed by atoms with Gasteiger partial charge < -0.3 is 10.5 Å². The Balaban J connectivity index is 2.11. The normalized spacial score (nSPS) is 13.9. The van der Waals surface area contributed by atoms with Crippen LogP contribution in [0, 0.1) is 12.8 Å². The monoisotopic (exact) mass is 333 g/mol. The fourth-order valence-corrected chi connectivity index (χ4v) is 2.86. The minimum Gasteiger partial charge on any atom is -0.490 e. The molecular formula is C18H24ClN3O. The lowest BCUT2D eigenvalue weighted by Crippen LogP contribution is -2.43. The molecule has 1 aromatic heterocycles. The van der Waals surface area contributed by atoms with Crippen molar-refractivity contribution in [1.82, 2.24) is 9.97 Å². The highest BCUT2D eigenvalue weighted by Gasteiger charge is 2.21. The van der Waals surface area contributed by atoms with Crippen molar-refractivity contribution in [3.63, 3.8) is 0 Å². The van der Waals surface area contributed by atoms with Crippen LogP contribution in [0.1, 0.15) is 32.9 Å². The van der Waals surface area contributed by atoms with Gasteiger partial charge in [0, 0.05) is 16.8 Å². The van der Waals surface area contributed by atoms with Crippen LogP contribution in [-0.2, 0) is 0 Å². The highest BCUT2D eigenvalue weighted by atomic mass is 35.5. The Morgan fingerprint density at radius 3 is 2.61 bits per heavy atom. The zero-order valence-electron chi connectivity index (χ0n) is 14.1. The second-order valence-corrected chi connectivity index (χ2v) is 7.14. The van der Waals surface area contributed by atoms with Gasteiger partial charge in [-0.05, 0) is 50.5 Å². The maximum Gasteiger partial charge on any atom is 0.138 e. The number of benzene rings is 1. The average molecular weight is 334 g/mol. The van der Waals surface area contributed by atoms with Gasteiger partial charge in [0.1, 0.15) is 18.7 Å². The van der Waals surface area contributed by atoms with Crippen LogP contribution in [0.5, 0.6) is 5.75 Å². The Morgan fingerprint density at radius 2 is 2.00 bits per heavy atom. The number of aromatic nitrogens is 2. The molecule has 1 aromatic carbocycles. The Bertz CT molecular complexity index is 671. The van der Waals surface area contributed by atoms with Crippen LogP contribution in [0.25, 0.3) is 11.3 Å². The third kappa shape index (κ3) is 5.19. The van der Waals surface area contributed by atoms with E-state index in [1.165, 1.54) is 0 Å². The molecule has 2 rings (SSSR count). The number of nitrogens with zero attached hydrogens (tertiary/aromatic N) is 2. The zero-order valence-corrected chi connectivity index (χ0v) is 14.9. The summed E-state index contributed by atoms with van der Waals surface area (Å²) in [7, 11) is 0. The second kappa shape index (κ2) is 7.28. The summed E-state index contributed by atoms with van der Waals surface area (Å²) in [5.41, 5.74) is 8.59. The molecule has 0 aliphatic rings. The average Bonchev–Trinajstić information content (AvgIpc) is 2.44. The highest BCUT2D eigenvalue weighted by Crippen LogP contribution is 2.30. The standard InChI is InChI=1S/C18H24ClN3O/c1-12(2)9-18(4,20)10-23-17-6-5-14(8-15(17)19)16-7-13(3)21-11-22-16/h5-8,11-12H,9-10,20H2,1-4H3/t18-/m0/s1. The van der Waals surface area contributed by atoms with E-state index < -0.39 is 0 Å². The number of ether oxygens (including phenoxy) is 1. The molecule has 0 saturated carbocycles. The van der Waals surface area contributed by atoms with E-state index in [0.29, 0.717) is 23.3 Å². The highest BCUT2D eigenvalue weighted by molar-refractivity contribution is 6.32. The smallest absolute Gasteiger partial charge is 0.138 e. The lowest BCUT2D eigenvalue weighted by Gasteiger charge is -2.26. The van der Waals surface area contributed by atoms with E-state index in [0.717, 1.165) is 23.4 Å². The van der Waals surface area contributed by atoms with E-state index >= 15 is 0 Å². The first-order valence-electron chi connectivity index (χ1n) is 7.77. The molecule has 0 bridgehead atoms. The number of nitrogens with two attached hydrogens (primary N) is 1. The van der Waals surface area contributed by atoms with Crippen molar-refractivity contribution in [1.29, 1.82) is 0 Å². The van der Waals surface area contributed by atoms with Crippen molar-refractivity contribution in [3.8, 4) is 17.0 Å². The van der Waals surface area contributed by atoms with Gasteiger partial charge in [-0.3, -0.25) is 0 Å². The van der Waals surface area contributed by atoms with Gasteiger partial charge in [-0.25, -0.2) is 9.97 Å². The number of aryl methyl sites for hydroxylation is 1. The van der Waals surface area contributed by atoms with Crippen LogP contribution in [0.4, 0.5) is 0 Å². The van der Waals surface area contributed by atoms with Crippen LogP contribution >= 0.6 is 11.6 Å². The Kier molecular flexibility index (Phi) is 5.60. The van der Waals surface area contributed by atoms with Crippen molar-refractivity contribution in [2.24, 2.45) is 11.7 Å². The first kappa shape index (κ1) is 17.7. The largest absolute Gasteiger partial charge is 0.490 e. The summed E-state index contributed by atoms with van der Waals surface area (Å²) >= 11 is 6.34. The van der Waals surface area contributed by atoms with Crippen LogP contribution in [0.15, 0.2) is 30.6 Å².